The Labute approximate surface area is 111 Å². The van der Waals surface area contributed by atoms with Gasteiger partial charge >= 0.3 is 0 Å². The fourth-order valence-electron chi connectivity index (χ4n) is 2.24. The van der Waals surface area contributed by atoms with E-state index in [1.807, 2.05) is 25.7 Å². The number of thiazole rings is 1. The van der Waals surface area contributed by atoms with Crippen molar-refractivity contribution in [1.82, 2.24) is 10.3 Å². The molecule has 0 amide bonds. The molecule has 5 heteroatoms. The van der Waals surface area contributed by atoms with E-state index in [9.17, 15) is 5.26 Å². The van der Waals surface area contributed by atoms with Crippen LogP contribution < -0.4 is 5.32 Å². The fraction of sp³-hybridized carbons (Fsp3) is 0.667. The smallest absolute Gasteiger partial charge is 0.150 e. The molecule has 0 aliphatic heterocycles. The van der Waals surface area contributed by atoms with Crippen LogP contribution in [-0.4, -0.2) is 22.8 Å². The second kappa shape index (κ2) is 5.38. The summed E-state index contributed by atoms with van der Waals surface area (Å²) < 4.78 is 1.14. The van der Waals surface area contributed by atoms with Gasteiger partial charge in [0.25, 0.3) is 0 Å². The maximum Gasteiger partial charge on any atom is 0.150 e. The molecular formula is C12H17N3S2. The molecule has 3 nitrogen and oxygen atoms in total. The Morgan fingerprint density at radius 2 is 2.53 bits per heavy atom. The highest BCUT2D eigenvalue weighted by atomic mass is 32.2. The molecule has 1 saturated carbocycles. The van der Waals surface area contributed by atoms with E-state index in [1.165, 1.54) is 6.42 Å². The topological polar surface area (TPSA) is 48.7 Å². The van der Waals surface area contributed by atoms with E-state index in [1.54, 1.807) is 11.3 Å². The molecule has 1 heterocycles. The quantitative estimate of drug-likeness (QED) is 0.914. The standard InChI is InChI=1S/C12H17N3S2/c1-9-7-16-11(15-9)17-10-4-3-5-12(6-10,8-13)14-2/h7,10,14H,3-6H2,1-2H3. The molecule has 17 heavy (non-hydrogen) atoms. The number of nitrogens with zero attached hydrogens (tertiary/aromatic N) is 2. The summed E-state index contributed by atoms with van der Waals surface area (Å²) in [6.45, 7) is 2.02. The summed E-state index contributed by atoms with van der Waals surface area (Å²) in [6.07, 6.45) is 4.20. The molecular weight excluding hydrogens is 250 g/mol. The van der Waals surface area contributed by atoms with Crippen LogP contribution in [0.5, 0.6) is 0 Å². The van der Waals surface area contributed by atoms with Crippen molar-refractivity contribution in [1.29, 1.82) is 5.26 Å². The van der Waals surface area contributed by atoms with Crippen molar-refractivity contribution in [3.63, 3.8) is 0 Å². The molecule has 0 saturated heterocycles. The minimum absolute atomic E-state index is 0.317. The summed E-state index contributed by atoms with van der Waals surface area (Å²) in [5.41, 5.74) is 0.774. The first-order valence-corrected chi connectivity index (χ1v) is 7.62. The Hall–Kier alpha value is -0.570. The average molecular weight is 267 g/mol. The Bertz CT molecular complexity index is 424. The lowest BCUT2D eigenvalue weighted by molar-refractivity contribution is 0.323. The first kappa shape index (κ1) is 12.9. The zero-order valence-corrected chi connectivity index (χ0v) is 11.8. The van der Waals surface area contributed by atoms with E-state index in [-0.39, 0.29) is 5.54 Å². The molecule has 0 radical (unpaired) electrons. The van der Waals surface area contributed by atoms with Gasteiger partial charge in [0, 0.05) is 16.3 Å². The second-order valence-electron chi connectivity index (χ2n) is 4.53. The number of thioether (sulfide) groups is 1. The normalized spacial score (nSPS) is 28.9. The molecule has 1 N–H and O–H groups in total. The largest absolute Gasteiger partial charge is 0.302 e. The number of hydrogen-bond acceptors (Lipinski definition) is 5. The molecule has 1 fully saturated rings. The molecule has 92 valence electrons. The molecule has 0 bridgehead atoms. The van der Waals surface area contributed by atoms with E-state index < -0.39 is 0 Å². The SMILES string of the molecule is CNC1(C#N)CCCC(Sc2nc(C)cs2)C1. The van der Waals surface area contributed by atoms with Gasteiger partial charge in [0.2, 0.25) is 0 Å². The zero-order valence-electron chi connectivity index (χ0n) is 10.2. The maximum absolute atomic E-state index is 9.29. The summed E-state index contributed by atoms with van der Waals surface area (Å²) in [5, 5.41) is 15.1. The van der Waals surface area contributed by atoms with Gasteiger partial charge in [-0.3, -0.25) is 0 Å². The summed E-state index contributed by atoms with van der Waals surface area (Å²) in [7, 11) is 1.89. The van der Waals surface area contributed by atoms with Crippen molar-refractivity contribution in [3.05, 3.63) is 11.1 Å². The van der Waals surface area contributed by atoms with Crippen LogP contribution in [-0.2, 0) is 0 Å². The first-order valence-electron chi connectivity index (χ1n) is 5.86. The highest BCUT2D eigenvalue weighted by Crippen LogP contribution is 2.38. The Balaban J connectivity index is 2.01. The van der Waals surface area contributed by atoms with Crippen molar-refractivity contribution >= 4 is 23.1 Å². The summed E-state index contributed by atoms with van der Waals surface area (Å²) in [6, 6.07) is 2.45. The van der Waals surface area contributed by atoms with Crippen LogP contribution in [0.15, 0.2) is 9.72 Å². The minimum Gasteiger partial charge on any atom is -0.302 e. The van der Waals surface area contributed by atoms with Gasteiger partial charge in [-0.15, -0.1) is 11.3 Å². The lowest BCUT2D eigenvalue weighted by atomic mass is 9.83. The number of nitrogens with one attached hydrogen (secondary N) is 1. The van der Waals surface area contributed by atoms with E-state index in [4.69, 9.17) is 0 Å². The molecule has 1 aliphatic carbocycles. The van der Waals surface area contributed by atoms with Crippen LogP contribution in [0.25, 0.3) is 0 Å². The Morgan fingerprint density at radius 1 is 1.71 bits per heavy atom. The third-order valence-corrected chi connectivity index (χ3v) is 5.62. The van der Waals surface area contributed by atoms with Crippen molar-refractivity contribution in [3.8, 4) is 6.07 Å². The van der Waals surface area contributed by atoms with Gasteiger partial charge in [-0.1, -0.05) is 11.8 Å². The number of nitriles is 1. The molecule has 2 atom stereocenters. The van der Waals surface area contributed by atoms with Gasteiger partial charge in [-0.25, -0.2) is 4.98 Å². The van der Waals surface area contributed by atoms with E-state index in [2.05, 4.69) is 21.8 Å². The molecule has 1 aromatic heterocycles. The third-order valence-electron chi connectivity index (χ3n) is 3.26. The Kier molecular flexibility index (Phi) is 4.08. The fourth-order valence-corrected chi connectivity index (χ4v) is 4.67. The summed E-state index contributed by atoms with van der Waals surface area (Å²) in [5.74, 6) is 0. The second-order valence-corrected chi connectivity index (χ2v) is 6.94. The van der Waals surface area contributed by atoms with Crippen LogP contribution in [0.1, 0.15) is 31.4 Å². The van der Waals surface area contributed by atoms with Gasteiger partial charge in [-0.05, 0) is 39.7 Å². The highest BCUT2D eigenvalue weighted by molar-refractivity contribution is 8.01. The average Bonchev–Trinajstić information content (AvgIpc) is 2.75. The summed E-state index contributed by atoms with van der Waals surface area (Å²) >= 11 is 3.54. The molecule has 2 unspecified atom stereocenters. The van der Waals surface area contributed by atoms with E-state index >= 15 is 0 Å². The Morgan fingerprint density at radius 3 is 3.12 bits per heavy atom. The molecule has 0 spiro atoms. The third kappa shape index (κ3) is 3.01. The van der Waals surface area contributed by atoms with Crippen molar-refractivity contribution in [2.24, 2.45) is 0 Å². The van der Waals surface area contributed by atoms with Crippen LogP contribution in [0, 0.1) is 18.3 Å². The van der Waals surface area contributed by atoms with Gasteiger partial charge in [0.05, 0.1) is 6.07 Å². The van der Waals surface area contributed by atoms with Crippen LogP contribution in [0.3, 0.4) is 0 Å². The maximum atomic E-state index is 9.29. The lowest BCUT2D eigenvalue weighted by Gasteiger charge is -2.34. The predicted octanol–water partition coefficient (Wildman–Crippen LogP) is 2.97. The van der Waals surface area contributed by atoms with Gasteiger partial charge in [-0.2, -0.15) is 5.26 Å². The monoisotopic (exact) mass is 267 g/mol. The first-order chi connectivity index (χ1) is 8.17. The zero-order chi connectivity index (χ0) is 12.3. The van der Waals surface area contributed by atoms with Gasteiger partial charge < -0.3 is 5.32 Å². The van der Waals surface area contributed by atoms with Crippen LogP contribution in [0.4, 0.5) is 0 Å². The minimum atomic E-state index is -0.317. The number of hydrogen-bond donors (Lipinski definition) is 1. The van der Waals surface area contributed by atoms with Crippen LogP contribution in [0.2, 0.25) is 0 Å². The lowest BCUT2D eigenvalue weighted by Crippen LogP contribution is -2.46. The molecule has 1 aliphatic rings. The summed E-state index contributed by atoms with van der Waals surface area (Å²) in [4.78, 5) is 4.48. The predicted molar refractivity (Wildman–Crippen MR) is 72.4 cm³/mol. The number of aromatic nitrogens is 1. The van der Waals surface area contributed by atoms with Gasteiger partial charge in [0.1, 0.15) is 9.88 Å². The van der Waals surface area contributed by atoms with E-state index in [0.717, 1.165) is 29.3 Å². The number of rotatable bonds is 3. The highest BCUT2D eigenvalue weighted by Gasteiger charge is 2.35. The van der Waals surface area contributed by atoms with Gasteiger partial charge in [0.15, 0.2) is 0 Å². The molecule has 2 rings (SSSR count). The molecule has 1 aromatic rings. The van der Waals surface area contributed by atoms with Crippen molar-refractivity contribution < 1.29 is 0 Å². The van der Waals surface area contributed by atoms with E-state index in [0.29, 0.717) is 5.25 Å². The van der Waals surface area contributed by atoms with Crippen molar-refractivity contribution in [2.75, 3.05) is 7.05 Å². The molecule has 0 aromatic carbocycles. The van der Waals surface area contributed by atoms with Crippen molar-refractivity contribution in [2.45, 2.75) is 47.7 Å². The van der Waals surface area contributed by atoms with Crippen LogP contribution >= 0.6 is 23.1 Å². The number of aryl methyl sites for hydroxylation is 1.